The minimum absolute atomic E-state index is 0.00425. The summed E-state index contributed by atoms with van der Waals surface area (Å²) >= 11 is 0. The lowest BCUT2D eigenvalue weighted by Gasteiger charge is -2.71. The topological polar surface area (TPSA) is 96.3 Å². The van der Waals surface area contributed by atoms with Crippen molar-refractivity contribution >= 4 is 11.7 Å². The van der Waals surface area contributed by atoms with E-state index in [4.69, 9.17) is 9.47 Å². The van der Waals surface area contributed by atoms with Crippen molar-refractivity contribution < 1.29 is 29.3 Å². The van der Waals surface area contributed by atoms with Gasteiger partial charge in [0.2, 0.25) is 5.91 Å². The molecular formula is C46H53NO6. The molecule has 2 bridgehead atoms. The molecule has 6 aliphatic rings. The Morgan fingerprint density at radius 2 is 1.45 bits per heavy atom. The van der Waals surface area contributed by atoms with Crippen LogP contribution in [0.15, 0.2) is 103 Å². The molecule has 0 radical (unpaired) electrons. The summed E-state index contributed by atoms with van der Waals surface area (Å²) in [5.74, 6) is 1.36. The minimum atomic E-state index is -1.18. The van der Waals surface area contributed by atoms with Crippen LogP contribution >= 0.6 is 0 Å². The predicted molar refractivity (Wildman–Crippen MR) is 204 cm³/mol. The Kier molecular flexibility index (Phi) is 8.77. The Morgan fingerprint density at radius 1 is 0.792 bits per heavy atom. The summed E-state index contributed by atoms with van der Waals surface area (Å²) in [6.45, 7) is 5.21. The van der Waals surface area contributed by atoms with Crippen molar-refractivity contribution in [2.75, 3.05) is 20.8 Å². The molecule has 3 aromatic carbocycles. The van der Waals surface area contributed by atoms with Gasteiger partial charge in [0.15, 0.2) is 17.3 Å². The Hall–Kier alpha value is -4.20. The number of nitrogens with zero attached hydrogens (tertiary/aromatic N) is 1. The van der Waals surface area contributed by atoms with E-state index in [2.05, 4.69) is 32.1 Å². The van der Waals surface area contributed by atoms with Gasteiger partial charge >= 0.3 is 0 Å². The number of fused-ring (bicyclic) bond motifs is 1. The lowest BCUT2D eigenvalue weighted by atomic mass is 9.32. The highest BCUT2D eigenvalue weighted by Gasteiger charge is 2.74. The third-order valence-corrected chi connectivity index (χ3v) is 14.8. The average molecular weight is 716 g/mol. The maximum Gasteiger partial charge on any atom is 0.227 e. The quantitative estimate of drug-likeness (QED) is 0.165. The third-order valence-electron chi connectivity index (χ3n) is 14.8. The van der Waals surface area contributed by atoms with Gasteiger partial charge in [-0.3, -0.25) is 9.59 Å². The molecule has 9 rings (SSSR count). The smallest absolute Gasteiger partial charge is 0.227 e. The SMILES string of the molecule is COc1ccc(CC(=O)N(Cc2ccccc2)CC2(O)CCC3C45C=CC6(C=C4C(=O)c4ccccc4)CC(O)CCC6(C)C5CCC32C)cc1OC. The second-order valence-corrected chi connectivity index (χ2v) is 17.1. The van der Waals surface area contributed by atoms with E-state index in [1.807, 2.05) is 83.8 Å². The molecule has 8 unspecified atom stereocenters. The second kappa shape index (κ2) is 13.0. The highest BCUT2D eigenvalue weighted by molar-refractivity contribution is 6.10. The molecule has 0 saturated heterocycles. The predicted octanol–water partition coefficient (Wildman–Crippen LogP) is 7.75. The Morgan fingerprint density at radius 3 is 2.17 bits per heavy atom. The van der Waals surface area contributed by atoms with E-state index in [1.165, 1.54) is 0 Å². The van der Waals surface area contributed by atoms with Gasteiger partial charge in [-0.25, -0.2) is 0 Å². The maximum absolute atomic E-state index is 14.8. The van der Waals surface area contributed by atoms with Gasteiger partial charge in [0.25, 0.3) is 0 Å². The number of carbonyl (C=O) groups excluding carboxylic acids is 2. The van der Waals surface area contributed by atoms with Crippen LogP contribution in [0, 0.1) is 33.5 Å². The van der Waals surface area contributed by atoms with Crippen LogP contribution in [0.1, 0.15) is 80.3 Å². The molecule has 7 heteroatoms. The Labute approximate surface area is 313 Å². The number of ketones is 1. The van der Waals surface area contributed by atoms with Crippen molar-refractivity contribution in [3.05, 3.63) is 119 Å². The Balaban J connectivity index is 1.17. The van der Waals surface area contributed by atoms with Crippen molar-refractivity contribution in [2.45, 2.75) is 83.5 Å². The number of hydrogen-bond donors (Lipinski definition) is 2. The minimum Gasteiger partial charge on any atom is -0.493 e. The summed E-state index contributed by atoms with van der Waals surface area (Å²) in [5, 5.41) is 24.2. The third kappa shape index (κ3) is 5.36. The van der Waals surface area contributed by atoms with Crippen LogP contribution in [0.4, 0.5) is 0 Å². The second-order valence-electron chi connectivity index (χ2n) is 17.1. The molecule has 278 valence electrons. The molecule has 0 heterocycles. The van der Waals surface area contributed by atoms with Gasteiger partial charge in [-0.1, -0.05) is 98.8 Å². The number of aliphatic hydroxyl groups excluding tert-OH is 1. The standard InChI is InChI=1S/C46H53NO6/c1-42-20-17-34(48)27-44(42)23-24-46(35(28-44)41(50)33-13-9-6-10-14-33)38(42)18-21-43(2)39(46)19-22-45(43,51)30-47(29-31-11-7-5-8-12-31)40(49)26-32-15-16-36(52-3)37(25-32)53-4/h5-16,23-25,28,34,38-39,48,51H,17-22,26-27,29-30H2,1-4H3. The number of Topliss-reactive ketones (excluding diaryl/α,β-unsaturated/α-hetero) is 1. The van der Waals surface area contributed by atoms with E-state index in [-0.39, 0.29) is 47.3 Å². The number of aliphatic hydroxyl groups is 2. The van der Waals surface area contributed by atoms with E-state index in [1.54, 1.807) is 14.2 Å². The van der Waals surface area contributed by atoms with Crippen molar-refractivity contribution in [1.29, 1.82) is 0 Å². The van der Waals surface area contributed by atoms with Gasteiger partial charge in [-0.05, 0) is 85.5 Å². The lowest BCUT2D eigenvalue weighted by molar-refractivity contribution is -0.178. The average Bonchev–Trinajstić information content (AvgIpc) is 3.44. The molecule has 3 fully saturated rings. The lowest BCUT2D eigenvalue weighted by Crippen LogP contribution is -2.67. The summed E-state index contributed by atoms with van der Waals surface area (Å²) in [5.41, 5.74) is 0.534. The van der Waals surface area contributed by atoms with Gasteiger partial charge in [0.05, 0.1) is 38.9 Å². The Bertz CT molecular complexity index is 1960. The fraction of sp³-hybridized carbons (Fsp3) is 0.478. The molecule has 8 atom stereocenters. The van der Waals surface area contributed by atoms with E-state index in [0.717, 1.165) is 48.8 Å². The molecular weight excluding hydrogens is 663 g/mol. The molecule has 7 nitrogen and oxygen atoms in total. The van der Waals surface area contributed by atoms with Gasteiger partial charge in [0.1, 0.15) is 0 Å². The first-order chi connectivity index (χ1) is 25.4. The van der Waals surface area contributed by atoms with Gasteiger partial charge in [0, 0.05) is 33.9 Å². The summed E-state index contributed by atoms with van der Waals surface area (Å²) in [6.07, 6.45) is 12.0. The molecule has 3 saturated carbocycles. The molecule has 3 aromatic rings. The molecule has 6 aliphatic carbocycles. The largest absolute Gasteiger partial charge is 0.493 e. The van der Waals surface area contributed by atoms with E-state index < -0.39 is 22.5 Å². The zero-order valence-corrected chi connectivity index (χ0v) is 31.5. The summed E-state index contributed by atoms with van der Waals surface area (Å²) in [4.78, 5) is 31.0. The van der Waals surface area contributed by atoms with E-state index in [0.29, 0.717) is 36.4 Å². The first kappa shape index (κ1) is 35.8. The van der Waals surface area contributed by atoms with Crippen LogP contribution < -0.4 is 9.47 Å². The fourth-order valence-corrected chi connectivity index (χ4v) is 12.0. The molecule has 0 aromatic heterocycles. The van der Waals surface area contributed by atoms with Crippen LogP contribution in [0.25, 0.3) is 0 Å². The van der Waals surface area contributed by atoms with Crippen LogP contribution in [0.3, 0.4) is 0 Å². The number of rotatable bonds is 10. The normalized spacial score (nSPS) is 35.1. The van der Waals surface area contributed by atoms with Gasteiger partial charge < -0.3 is 24.6 Å². The number of benzene rings is 3. The highest BCUT2D eigenvalue weighted by atomic mass is 16.5. The first-order valence-corrected chi connectivity index (χ1v) is 19.4. The molecule has 53 heavy (non-hydrogen) atoms. The van der Waals surface area contributed by atoms with Crippen LogP contribution in [0.5, 0.6) is 11.5 Å². The first-order valence-electron chi connectivity index (χ1n) is 19.4. The highest BCUT2D eigenvalue weighted by Crippen LogP contribution is 2.78. The number of hydrogen-bond acceptors (Lipinski definition) is 6. The van der Waals surface area contributed by atoms with Crippen LogP contribution in [-0.2, 0) is 17.8 Å². The molecule has 2 N–H and O–H groups in total. The van der Waals surface area contributed by atoms with Crippen LogP contribution in [-0.4, -0.2) is 59.3 Å². The summed E-state index contributed by atoms with van der Waals surface area (Å²) in [6, 6.07) is 25.2. The van der Waals surface area contributed by atoms with Crippen molar-refractivity contribution in [3.63, 3.8) is 0 Å². The number of carbonyl (C=O) groups is 2. The van der Waals surface area contributed by atoms with Gasteiger partial charge in [-0.15, -0.1) is 0 Å². The zero-order chi connectivity index (χ0) is 37.2. The van der Waals surface area contributed by atoms with E-state index >= 15 is 0 Å². The molecule has 0 aliphatic heterocycles. The van der Waals surface area contributed by atoms with Crippen molar-refractivity contribution in [1.82, 2.24) is 4.90 Å². The number of methoxy groups -OCH3 is 2. The van der Waals surface area contributed by atoms with E-state index in [9.17, 15) is 19.8 Å². The van der Waals surface area contributed by atoms with Crippen molar-refractivity contribution in [3.8, 4) is 11.5 Å². The van der Waals surface area contributed by atoms with Crippen LogP contribution in [0.2, 0.25) is 0 Å². The maximum atomic E-state index is 14.8. The molecule has 2 spiro atoms. The monoisotopic (exact) mass is 715 g/mol. The summed E-state index contributed by atoms with van der Waals surface area (Å²) in [7, 11) is 3.18. The number of ether oxygens (including phenoxy) is 2. The molecule has 1 amide bonds. The summed E-state index contributed by atoms with van der Waals surface area (Å²) < 4.78 is 11.0. The number of amides is 1. The van der Waals surface area contributed by atoms with Crippen molar-refractivity contribution in [2.24, 2.45) is 33.5 Å². The zero-order valence-electron chi connectivity index (χ0n) is 31.5. The van der Waals surface area contributed by atoms with Gasteiger partial charge in [-0.2, -0.15) is 0 Å². The fourth-order valence-electron chi connectivity index (χ4n) is 12.0. The number of allylic oxidation sites excluding steroid dienone is 4.